The molecule has 2 rings (SSSR count). The molecule has 0 spiro atoms. The van der Waals surface area contributed by atoms with Crippen molar-refractivity contribution in [3.63, 3.8) is 0 Å². The molecule has 0 aromatic carbocycles. The van der Waals surface area contributed by atoms with Crippen molar-refractivity contribution in [3.8, 4) is 0 Å². The Balaban J connectivity index is 0.00000112. The van der Waals surface area contributed by atoms with Gasteiger partial charge in [-0.25, -0.2) is 4.98 Å². The molecule has 3 nitrogen and oxygen atoms in total. The van der Waals surface area contributed by atoms with Gasteiger partial charge in [0.1, 0.15) is 0 Å². The molecule has 0 bridgehead atoms. The van der Waals surface area contributed by atoms with Gasteiger partial charge in [0, 0.05) is 30.7 Å². The smallest absolute Gasteiger partial charge is 0.183 e. The van der Waals surface area contributed by atoms with Gasteiger partial charge in [-0.2, -0.15) is 0 Å². The largest absolute Gasteiger partial charge is 0.315 e. The monoisotopic (exact) mass is 267 g/mol. The molecule has 1 fully saturated rings. The summed E-state index contributed by atoms with van der Waals surface area (Å²) in [4.78, 5) is 7.76. The lowest BCUT2D eigenvalue weighted by Gasteiger charge is -2.17. The van der Waals surface area contributed by atoms with E-state index >= 15 is 0 Å². The molecule has 0 unspecified atom stereocenters. The van der Waals surface area contributed by atoms with Gasteiger partial charge in [-0.05, 0) is 19.5 Å². The maximum atomic E-state index is 5.79. The van der Waals surface area contributed by atoms with Crippen molar-refractivity contribution >= 4 is 35.3 Å². The van der Waals surface area contributed by atoms with Gasteiger partial charge in [-0.3, -0.25) is 4.90 Å². The number of hydrogen-bond acceptors (Lipinski definition) is 4. The van der Waals surface area contributed by atoms with E-state index in [1.165, 1.54) is 17.8 Å². The van der Waals surface area contributed by atoms with Crippen LogP contribution in [-0.2, 0) is 6.54 Å². The highest BCUT2D eigenvalue weighted by molar-refractivity contribution is 7.15. The van der Waals surface area contributed by atoms with Crippen LogP contribution in [0.1, 0.15) is 11.3 Å². The number of thiazole rings is 1. The minimum Gasteiger partial charge on any atom is -0.315 e. The van der Waals surface area contributed by atoms with Gasteiger partial charge in [0.25, 0.3) is 0 Å². The topological polar surface area (TPSA) is 28.2 Å². The van der Waals surface area contributed by atoms with Gasteiger partial charge in [-0.1, -0.05) is 11.6 Å². The number of aromatic nitrogens is 1. The summed E-state index contributed by atoms with van der Waals surface area (Å²) in [5.74, 6) is 0. The average molecular weight is 268 g/mol. The molecule has 1 aliphatic heterocycles. The van der Waals surface area contributed by atoms with Gasteiger partial charge in [0.2, 0.25) is 0 Å². The van der Waals surface area contributed by atoms with Crippen LogP contribution in [0.15, 0.2) is 6.20 Å². The molecule has 2 heterocycles. The summed E-state index contributed by atoms with van der Waals surface area (Å²) in [6, 6.07) is 0. The van der Waals surface area contributed by atoms with Crippen molar-refractivity contribution in [3.05, 3.63) is 15.5 Å². The second kappa shape index (κ2) is 6.66. The lowest BCUT2D eigenvalue weighted by molar-refractivity contribution is 0.287. The molecule has 0 atom stereocenters. The summed E-state index contributed by atoms with van der Waals surface area (Å²) in [5.41, 5.74) is 0. The molecule has 86 valence electrons. The Hall–Kier alpha value is 0.130. The zero-order valence-electron chi connectivity index (χ0n) is 8.41. The normalized spacial score (nSPS) is 18.2. The van der Waals surface area contributed by atoms with Gasteiger partial charge in [0.05, 0.1) is 0 Å². The van der Waals surface area contributed by atoms with Crippen LogP contribution < -0.4 is 5.32 Å². The van der Waals surface area contributed by atoms with Gasteiger partial charge < -0.3 is 5.32 Å². The molecule has 1 aromatic rings. The van der Waals surface area contributed by atoms with Crippen molar-refractivity contribution in [2.24, 2.45) is 0 Å². The summed E-state index contributed by atoms with van der Waals surface area (Å²) >= 11 is 7.37. The van der Waals surface area contributed by atoms with Crippen LogP contribution in [0, 0.1) is 0 Å². The molecule has 1 saturated heterocycles. The van der Waals surface area contributed by atoms with Crippen LogP contribution in [0.2, 0.25) is 4.47 Å². The van der Waals surface area contributed by atoms with Crippen molar-refractivity contribution in [2.75, 3.05) is 26.2 Å². The number of hydrogen-bond donors (Lipinski definition) is 1. The second-order valence-corrected chi connectivity index (χ2v) is 5.16. The van der Waals surface area contributed by atoms with E-state index in [1.807, 2.05) is 6.20 Å². The Bertz CT molecular complexity index is 285. The van der Waals surface area contributed by atoms with Crippen molar-refractivity contribution < 1.29 is 0 Å². The second-order valence-electron chi connectivity index (χ2n) is 3.46. The molecule has 6 heteroatoms. The molecule has 1 aromatic heterocycles. The minimum atomic E-state index is 0. The number of rotatable bonds is 2. The molecule has 0 radical (unpaired) electrons. The Labute approximate surface area is 105 Å². The summed E-state index contributed by atoms with van der Waals surface area (Å²) < 4.78 is 0.646. The van der Waals surface area contributed by atoms with E-state index in [0.717, 1.165) is 26.2 Å². The van der Waals surface area contributed by atoms with E-state index in [2.05, 4.69) is 15.2 Å². The third kappa shape index (κ3) is 4.25. The number of nitrogens with one attached hydrogen (secondary N) is 1. The summed E-state index contributed by atoms with van der Waals surface area (Å²) in [7, 11) is 0. The Kier molecular flexibility index (Phi) is 5.86. The maximum Gasteiger partial charge on any atom is 0.183 e. The summed E-state index contributed by atoms with van der Waals surface area (Å²) in [6.07, 6.45) is 3.11. The van der Waals surface area contributed by atoms with E-state index < -0.39 is 0 Å². The third-order valence-electron chi connectivity index (χ3n) is 2.34. The standard InChI is InChI=1S/C9H14ClN3S.ClH/c10-9-12-6-8(14-9)7-13-4-1-2-11-3-5-13;/h6,11H,1-5,7H2;1H. The Morgan fingerprint density at radius 1 is 1.47 bits per heavy atom. The number of halogens is 2. The molecule has 15 heavy (non-hydrogen) atoms. The van der Waals surface area contributed by atoms with Gasteiger partial charge >= 0.3 is 0 Å². The van der Waals surface area contributed by atoms with Crippen LogP contribution in [0.3, 0.4) is 0 Å². The fourth-order valence-electron chi connectivity index (χ4n) is 1.64. The Morgan fingerprint density at radius 2 is 2.33 bits per heavy atom. The van der Waals surface area contributed by atoms with Crippen LogP contribution >= 0.6 is 35.3 Å². The van der Waals surface area contributed by atoms with Crippen molar-refractivity contribution in [2.45, 2.75) is 13.0 Å². The fraction of sp³-hybridized carbons (Fsp3) is 0.667. The minimum absolute atomic E-state index is 0. The first-order valence-corrected chi connectivity index (χ1v) is 6.07. The van der Waals surface area contributed by atoms with Crippen molar-refractivity contribution in [1.82, 2.24) is 15.2 Å². The summed E-state index contributed by atoms with van der Waals surface area (Å²) in [6.45, 7) is 5.51. The predicted octanol–water partition coefficient (Wildman–Crippen LogP) is 2.01. The molecule has 0 saturated carbocycles. The Morgan fingerprint density at radius 3 is 3.07 bits per heavy atom. The molecule has 1 aliphatic rings. The fourth-order valence-corrected chi connectivity index (χ4v) is 2.66. The van der Waals surface area contributed by atoms with E-state index in [1.54, 1.807) is 11.3 Å². The first kappa shape index (κ1) is 13.2. The summed E-state index contributed by atoms with van der Waals surface area (Å²) in [5, 5.41) is 3.39. The highest BCUT2D eigenvalue weighted by Gasteiger charge is 2.10. The molecular weight excluding hydrogens is 253 g/mol. The number of nitrogens with zero attached hydrogens (tertiary/aromatic N) is 2. The predicted molar refractivity (Wildman–Crippen MR) is 67.1 cm³/mol. The molecular formula is C9H15Cl2N3S. The van der Waals surface area contributed by atoms with E-state index in [4.69, 9.17) is 11.6 Å². The SMILES string of the molecule is Cl.Clc1ncc(CN2CCCNCC2)s1. The molecule has 0 amide bonds. The first-order chi connectivity index (χ1) is 6.84. The van der Waals surface area contributed by atoms with Crippen molar-refractivity contribution in [1.29, 1.82) is 0 Å². The highest BCUT2D eigenvalue weighted by atomic mass is 35.5. The third-order valence-corrected chi connectivity index (χ3v) is 3.44. The van der Waals surface area contributed by atoms with Gasteiger partial charge in [0.15, 0.2) is 4.47 Å². The van der Waals surface area contributed by atoms with Gasteiger partial charge in [-0.15, -0.1) is 23.7 Å². The van der Waals surface area contributed by atoms with E-state index in [9.17, 15) is 0 Å². The molecule has 1 N–H and O–H groups in total. The van der Waals surface area contributed by atoms with E-state index in [-0.39, 0.29) is 12.4 Å². The maximum absolute atomic E-state index is 5.79. The van der Waals surface area contributed by atoms with Crippen LogP contribution in [0.25, 0.3) is 0 Å². The highest BCUT2D eigenvalue weighted by Crippen LogP contribution is 2.19. The van der Waals surface area contributed by atoms with Crippen LogP contribution in [-0.4, -0.2) is 36.1 Å². The quantitative estimate of drug-likeness (QED) is 0.889. The lowest BCUT2D eigenvalue weighted by atomic mass is 10.4. The van der Waals surface area contributed by atoms with Crippen LogP contribution in [0.5, 0.6) is 0 Å². The first-order valence-electron chi connectivity index (χ1n) is 4.88. The zero-order valence-corrected chi connectivity index (χ0v) is 10.8. The van der Waals surface area contributed by atoms with Crippen LogP contribution in [0.4, 0.5) is 0 Å². The van der Waals surface area contributed by atoms with E-state index in [0.29, 0.717) is 4.47 Å². The zero-order chi connectivity index (χ0) is 9.80. The lowest BCUT2D eigenvalue weighted by Crippen LogP contribution is -2.27. The average Bonchev–Trinajstić information content (AvgIpc) is 2.43. The molecule has 0 aliphatic carbocycles.